The maximum absolute atomic E-state index is 12.5. The van der Waals surface area contributed by atoms with Gasteiger partial charge < -0.3 is 10.2 Å². The molecule has 0 radical (unpaired) electrons. The summed E-state index contributed by atoms with van der Waals surface area (Å²) >= 11 is 5.96. The van der Waals surface area contributed by atoms with Gasteiger partial charge in [0.1, 0.15) is 6.04 Å². The Kier molecular flexibility index (Phi) is 4.65. The highest BCUT2D eigenvalue weighted by Gasteiger charge is 2.31. The molecule has 1 aliphatic heterocycles. The number of nitrogens with zero attached hydrogens (tertiary/aromatic N) is 1. The van der Waals surface area contributed by atoms with Crippen molar-refractivity contribution in [2.24, 2.45) is 5.92 Å². The number of hydrogen-bond acceptors (Lipinski definition) is 2. The second-order valence-corrected chi connectivity index (χ2v) is 5.87. The molecule has 20 heavy (non-hydrogen) atoms. The van der Waals surface area contributed by atoms with Crippen LogP contribution in [0.3, 0.4) is 0 Å². The molecule has 1 unspecified atom stereocenters. The first-order chi connectivity index (χ1) is 9.47. The molecule has 0 spiro atoms. The van der Waals surface area contributed by atoms with Gasteiger partial charge in [-0.25, -0.2) is 0 Å². The van der Waals surface area contributed by atoms with Crippen LogP contribution in [0.4, 0.5) is 0 Å². The van der Waals surface area contributed by atoms with E-state index in [2.05, 4.69) is 5.32 Å². The molecule has 1 N–H and O–H groups in total. The fourth-order valence-electron chi connectivity index (χ4n) is 2.32. The summed E-state index contributed by atoms with van der Waals surface area (Å²) in [5, 5.41) is 3.45. The second-order valence-electron chi connectivity index (χ2n) is 5.43. The van der Waals surface area contributed by atoms with Gasteiger partial charge in [0.05, 0.1) is 0 Å². The minimum absolute atomic E-state index is 0.0224. The van der Waals surface area contributed by atoms with Crippen molar-refractivity contribution < 1.29 is 9.59 Å². The predicted molar refractivity (Wildman–Crippen MR) is 78.3 cm³/mol. The lowest BCUT2D eigenvalue weighted by Gasteiger charge is -2.26. The van der Waals surface area contributed by atoms with Gasteiger partial charge in [-0.3, -0.25) is 9.59 Å². The normalized spacial score (nSPS) is 20.0. The van der Waals surface area contributed by atoms with Crippen LogP contribution in [0, 0.1) is 5.92 Å². The molecule has 5 heteroatoms. The molecule has 1 aliphatic rings. The number of carbonyl (C=O) groups excluding carboxylic acids is 2. The molecule has 0 aliphatic carbocycles. The monoisotopic (exact) mass is 294 g/mol. The summed E-state index contributed by atoms with van der Waals surface area (Å²) in [5.74, 6) is -0.0112. The minimum atomic E-state index is -0.441. The zero-order valence-corrected chi connectivity index (χ0v) is 12.5. The van der Waals surface area contributed by atoms with Crippen molar-refractivity contribution in [2.75, 3.05) is 6.54 Å². The third-order valence-corrected chi connectivity index (χ3v) is 3.67. The topological polar surface area (TPSA) is 49.4 Å². The van der Waals surface area contributed by atoms with Gasteiger partial charge in [-0.05, 0) is 23.6 Å². The first kappa shape index (κ1) is 14.9. The molecule has 1 aromatic carbocycles. The van der Waals surface area contributed by atoms with Crippen LogP contribution in [0.15, 0.2) is 24.3 Å². The Bertz CT molecular complexity index is 516. The number of nitrogens with one attached hydrogen (secondary N) is 1. The molecule has 0 saturated carbocycles. The summed E-state index contributed by atoms with van der Waals surface area (Å²) in [6, 6.07) is 7.01. The summed E-state index contributed by atoms with van der Waals surface area (Å²) < 4.78 is 0. The van der Waals surface area contributed by atoms with Crippen molar-refractivity contribution in [3.63, 3.8) is 0 Å². The van der Waals surface area contributed by atoms with Crippen molar-refractivity contribution in [3.05, 3.63) is 34.9 Å². The average Bonchev–Trinajstić information content (AvgIpc) is 2.52. The molecule has 4 nitrogen and oxygen atoms in total. The number of carbonyl (C=O) groups is 2. The van der Waals surface area contributed by atoms with Gasteiger partial charge in [-0.15, -0.1) is 0 Å². The lowest BCUT2D eigenvalue weighted by atomic mass is 10.0. The summed E-state index contributed by atoms with van der Waals surface area (Å²) in [6.45, 7) is 4.80. The van der Waals surface area contributed by atoms with E-state index < -0.39 is 6.04 Å². The Hall–Kier alpha value is -1.55. The average molecular weight is 295 g/mol. The van der Waals surface area contributed by atoms with Crippen LogP contribution in [0.1, 0.15) is 25.8 Å². The van der Waals surface area contributed by atoms with E-state index >= 15 is 0 Å². The first-order valence-electron chi connectivity index (χ1n) is 6.80. The molecule has 108 valence electrons. The Morgan fingerprint density at radius 2 is 2.15 bits per heavy atom. The van der Waals surface area contributed by atoms with E-state index in [-0.39, 0.29) is 17.7 Å². The summed E-state index contributed by atoms with van der Waals surface area (Å²) in [7, 11) is 0. The van der Waals surface area contributed by atoms with Gasteiger partial charge in [0.15, 0.2) is 0 Å². The molecular formula is C15H19ClN2O2. The van der Waals surface area contributed by atoms with Gasteiger partial charge in [0.25, 0.3) is 0 Å². The van der Waals surface area contributed by atoms with Crippen LogP contribution >= 0.6 is 11.6 Å². The molecular weight excluding hydrogens is 276 g/mol. The van der Waals surface area contributed by atoms with Crippen LogP contribution in [0.5, 0.6) is 0 Å². The smallest absolute Gasteiger partial charge is 0.245 e. The number of amides is 2. The fourth-order valence-corrected chi connectivity index (χ4v) is 2.53. The Labute approximate surface area is 124 Å². The zero-order valence-electron chi connectivity index (χ0n) is 11.7. The maximum Gasteiger partial charge on any atom is 0.245 e. The predicted octanol–water partition coefficient (Wildman–Crippen LogP) is 2.21. The maximum atomic E-state index is 12.5. The Morgan fingerprint density at radius 1 is 1.40 bits per heavy atom. The van der Waals surface area contributed by atoms with E-state index in [0.717, 1.165) is 5.56 Å². The third kappa shape index (κ3) is 3.51. The van der Waals surface area contributed by atoms with Crippen molar-refractivity contribution in [1.82, 2.24) is 10.2 Å². The lowest BCUT2D eigenvalue weighted by molar-refractivity contribution is -0.135. The SMILES string of the molecule is CC(C)C1NC(=O)CCN(Cc2cccc(Cl)c2)C1=O. The van der Waals surface area contributed by atoms with E-state index in [4.69, 9.17) is 11.6 Å². The van der Waals surface area contributed by atoms with Crippen LogP contribution in [0.25, 0.3) is 0 Å². The van der Waals surface area contributed by atoms with Crippen LogP contribution in [0.2, 0.25) is 5.02 Å². The van der Waals surface area contributed by atoms with Crippen molar-refractivity contribution in [3.8, 4) is 0 Å². The number of rotatable bonds is 3. The van der Waals surface area contributed by atoms with E-state index in [9.17, 15) is 9.59 Å². The van der Waals surface area contributed by atoms with Gasteiger partial charge in [0, 0.05) is 24.5 Å². The molecule has 1 aromatic rings. The summed E-state index contributed by atoms with van der Waals surface area (Å²) in [5.41, 5.74) is 0.975. The highest BCUT2D eigenvalue weighted by molar-refractivity contribution is 6.30. The van der Waals surface area contributed by atoms with Crippen LogP contribution < -0.4 is 5.32 Å². The molecule has 2 amide bonds. The fraction of sp³-hybridized carbons (Fsp3) is 0.467. The quantitative estimate of drug-likeness (QED) is 0.929. The van der Waals surface area contributed by atoms with Crippen LogP contribution in [-0.2, 0) is 16.1 Å². The van der Waals surface area contributed by atoms with Crippen molar-refractivity contribution >= 4 is 23.4 Å². The standard InChI is InChI=1S/C15H19ClN2O2/c1-10(2)14-15(20)18(7-6-13(19)17-14)9-11-4-3-5-12(16)8-11/h3-5,8,10,14H,6-7,9H2,1-2H3,(H,17,19). The van der Waals surface area contributed by atoms with E-state index in [0.29, 0.717) is 24.5 Å². The number of halogens is 1. The first-order valence-corrected chi connectivity index (χ1v) is 7.18. The zero-order chi connectivity index (χ0) is 14.7. The van der Waals surface area contributed by atoms with Gasteiger partial charge in [-0.2, -0.15) is 0 Å². The third-order valence-electron chi connectivity index (χ3n) is 3.43. The van der Waals surface area contributed by atoms with Gasteiger partial charge in [0.2, 0.25) is 11.8 Å². The van der Waals surface area contributed by atoms with Gasteiger partial charge >= 0.3 is 0 Å². The highest BCUT2D eigenvalue weighted by atomic mass is 35.5. The number of benzene rings is 1. The van der Waals surface area contributed by atoms with E-state index in [1.54, 1.807) is 11.0 Å². The second kappa shape index (κ2) is 6.27. The highest BCUT2D eigenvalue weighted by Crippen LogP contribution is 2.16. The van der Waals surface area contributed by atoms with Crippen LogP contribution in [-0.4, -0.2) is 29.3 Å². The molecule has 0 aromatic heterocycles. The van der Waals surface area contributed by atoms with Crippen molar-refractivity contribution in [2.45, 2.75) is 32.9 Å². The van der Waals surface area contributed by atoms with E-state index in [1.165, 1.54) is 0 Å². The molecule has 1 saturated heterocycles. The molecule has 1 fully saturated rings. The summed E-state index contributed by atoms with van der Waals surface area (Å²) in [6.07, 6.45) is 0.343. The van der Waals surface area contributed by atoms with E-state index in [1.807, 2.05) is 32.0 Å². The molecule has 1 atom stereocenters. The van der Waals surface area contributed by atoms with Crippen molar-refractivity contribution in [1.29, 1.82) is 0 Å². The Balaban J connectivity index is 2.17. The molecule has 0 bridgehead atoms. The van der Waals surface area contributed by atoms with Gasteiger partial charge in [-0.1, -0.05) is 37.6 Å². The number of hydrogen-bond donors (Lipinski definition) is 1. The molecule has 2 rings (SSSR count). The lowest BCUT2D eigenvalue weighted by Crippen LogP contribution is -2.47. The summed E-state index contributed by atoms with van der Waals surface area (Å²) in [4.78, 5) is 25.9. The molecule has 1 heterocycles. The minimum Gasteiger partial charge on any atom is -0.344 e. The largest absolute Gasteiger partial charge is 0.344 e. The Morgan fingerprint density at radius 3 is 2.80 bits per heavy atom.